The van der Waals surface area contributed by atoms with E-state index < -0.39 is 0 Å². The number of fused-ring (bicyclic) bond motifs is 1. The van der Waals surface area contributed by atoms with Crippen LogP contribution < -0.4 is 0 Å². The van der Waals surface area contributed by atoms with Crippen LogP contribution in [0.1, 0.15) is 19.8 Å². The van der Waals surface area contributed by atoms with E-state index in [2.05, 4.69) is 0 Å². The summed E-state index contributed by atoms with van der Waals surface area (Å²) in [7, 11) is 0. The van der Waals surface area contributed by atoms with Gasteiger partial charge in [0.15, 0.2) is 0 Å². The first kappa shape index (κ1) is 19.1. The van der Waals surface area contributed by atoms with Gasteiger partial charge in [0.05, 0.1) is 18.3 Å². The molecular formula is C20H22ClNO3S. The summed E-state index contributed by atoms with van der Waals surface area (Å²) < 4.78 is 5.08. The molecule has 138 valence electrons. The third-order valence-corrected chi connectivity index (χ3v) is 5.99. The first-order valence-electron chi connectivity index (χ1n) is 8.84. The lowest BCUT2D eigenvalue weighted by Crippen LogP contribution is -2.41. The quantitative estimate of drug-likeness (QED) is 0.560. The van der Waals surface area contributed by atoms with E-state index in [1.807, 2.05) is 48.2 Å². The third-order valence-electron chi connectivity index (χ3n) is 4.63. The van der Waals surface area contributed by atoms with Gasteiger partial charge in [-0.05, 0) is 37.3 Å². The number of carbonyl (C=O) groups excluding carboxylic acids is 2. The van der Waals surface area contributed by atoms with E-state index in [4.69, 9.17) is 16.3 Å². The van der Waals surface area contributed by atoms with Gasteiger partial charge in [0.25, 0.3) is 0 Å². The molecule has 0 atom stereocenters. The summed E-state index contributed by atoms with van der Waals surface area (Å²) in [6, 6.07) is 11.8. The molecule has 1 heterocycles. The second-order valence-electron chi connectivity index (χ2n) is 6.29. The Kier molecular flexibility index (Phi) is 6.43. The van der Waals surface area contributed by atoms with Crippen LogP contribution in [0.5, 0.6) is 0 Å². The molecule has 0 unspecified atom stereocenters. The minimum atomic E-state index is -0.139. The molecule has 3 rings (SSSR count). The highest BCUT2D eigenvalue weighted by atomic mass is 35.5. The van der Waals surface area contributed by atoms with Crippen molar-refractivity contribution in [3.63, 3.8) is 0 Å². The number of carbonyl (C=O) groups is 2. The molecule has 1 aliphatic heterocycles. The molecule has 1 amide bonds. The lowest BCUT2D eigenvalue weighted by molar-refractivity contribution is -0.151. The minimum Gasteiger partial charge on any atom is -0.466 e. The predicted octanol–water partition coefficient (Wildman–Crippen LogP) is 4.39. The molecular weight excluding hydrogens is 370 g/mol. The van der Waals surface area contributed by atoms with Crippen LogP contribution in [0.15, 0.2) is 41.3 Å². The summed E-state index contributed by atoms with van der Waals surface area (Å²) in [5.74, 6) is 0.248. The topological polar surface area (TPSA) is 46.6 Å². The molecule has 6 heteroatoms. The molecule has 0 aromatic heterocycles. The van der Waals surface area contributed by atoms with Gasteiger partial charge in [-0.25, -0.2) is 0 Å². The van der Waals surface area contributed by atoms with Crippen LogP contribution in [0.4, 0.5) is 0 Å². The van der Waals surface area contributed by atoms with Gasteiger partial charge in [-0.15, -0.1) is 11.8 Å². The van der Waals surface area contributed by atoms with E-state index in [1.54, 1.807) is 0 Å². The van der Waals surface area contributed by atoms with Crippen molar-refractivity contribution in [3.05, 3.63) is 41.4 Å². The van der Waals surface area contributed by atoms with Gasteiger partial charge in [-0.2, -0.15) is 0 Å². The minimum absolute atomic E-state index is 0.0801. The number of amides is 1. The zero-order valence-corrected chi connectivity index (χ0v) is 16.3. The Morgan fingerprint density at radius 3 is 2.58 bits per heavy atom. The van der Waals surface area contributed by atoms with Crippen LogP contribution in [-0.2, 0) is 14.3 Å². The SMILES string of the molecule is CCOC(=O)C1CCN(C(=O)CSc2cccc3cccc(Cl)c23)CC1. The van der Waals surface area contributed by atoms with Crippen molar-refractivity contribution >= 4 is 46.0 Å². The highest BCUT2D eigenvalue weighted by molar-refractivity contribution is 8.00. The molecule has 0 N–H and O–H groups in total. The molecule has 4 nitrogen and oxygen atoms in total. The Morgan fingerprint density at radius 1 is 1.19 bits per heavy atom. The zero-order chi connectivity index (χ0) is 18.5. The summed E-state index contributed by atoms with van der Waals surface area (Å²) in [6.45, 7) is 3.44. The number of thioether (sulfide) groups is 1. The number of hydrogen-bond acceptors (Lipinski definition) is 4. The lowest BCUT2D eigenvalue weighted by atomic mass is 9.97. The number of ether oxygens (including phenoxy) is 1. The largest absolute Gasteiger partial charge is 0.466 e. The maximum Gasteiger partial charge on any atom is 0.309 e. The number of likely N-dealkylation sites (tertiary alicyclic amines) is 1. The first-order chi connectivity index (χ1) is 12.6. The van der Waals surface area contributed by atoms with Gasteiger partial charge in [-0.3, -0.25) is 9.59 Å². The monoisotopic (exact) mass is 391 g/mol. The van der Waals surface area contributed by atoms with Gasteiger partial charge < -0.3 is 9.64 Å². The lowest BCUT2D eigenvalue weighted by Gasteiger charge is -2.30. The van der Waals surface area contributed by atoms with Crippen LogP contribution in [-0.4, -0.2) is 42.2 Å². The van der Waals surface area contributed by atoms with E-state index in [-0.39, 0.29) is 17.8 Å². The third kappa shape index (κ3) is 4.33. The van der Waals surface area contributed by atoms with Gasteiger partial charge in [0.1, 0.15) is 0 Å². The Hall–Kier alpha value is -1.72. The Bertz CT molecular complexity index is 797. The number of halogens is 1. The summed E-state index contributed by atoms with van der Waals surface area (Å²) in [5, 5.41) is 2.77. The van der Waals surface area contributed by atoms with Gasteiger partial charge >= 0.3 is 5.97 Å². The molecule has 1 saturated heterocycles. The van der Waals surface area contributed by atoms with Crippen molar-refractivity contribution in [2.75, 3.05) is 25.4 Å². The van der Waals surface area contributed by atoms with Crippen LogP contribution in [0.25, 0.3) is 10.8 Å². The molecule has 0 aliphatic carbocycles. The molecule has 1 aliphatic rings. The normalized spacial score (nSPS) is 15.2. The Balaban J connectivity index is 1.58. The van der Waals surface area contributed by atoms with E-state index in [0.29, 0.717) is 43.3 Å². The Morgan fingerprint density at radius 2 is 1.88 bits per heavy atom. The van der Waals surface area contributed by atoms with E-state index >= 15 is 0 Å². The summed E-state index contributed by atoms with van der Waals surface area (Å²) in [4.78, 5) is 27.2. The van der Waals surface area contributed by atoms with E-state index in [9.17, 15) is 9.59 Å². The number of hydrogen-bond donors (Lipinski definition) is 0. The number of piperidine rings is 1. The van der Waals surface area contributed by atoms with Crippen LogP contribution >= 0.6 is 23.4 Å². The second kappa shape index (κ2) is 8.78. The average Bonchev–Trinajstić information content (AvgIpc) is 2.66. The van der Waals surface area contributed by atoms with Crippen molar-refractivity contribution < 1.29 is 14.3 Å². The fourth-order valence-corrected chi connectivity index (χ4v) is 4.59. The number of rotatable bonds is 5. The van der Waals surface area contributed by atoms with Crippen molar-refractivity contribution in [3.8, 4) is 0 Å². The summed E-state index contributed by atoms with van der Waals surface area (Å²) in [6.07, 6.45) is 1.35. The van der Waals surface area contributed by atoms with E-state index in [1.165, 1.54) is 11.8 Å². The number of benzene rings is 2. The number of esters is 1. The molecule has 0 spiro atoms. The fraction of sp³-hybridized carbons (Fsp3) is 0.400. The molecule has 26 heavy (non-hydrogen) atoms. The summed E-state index contributed by atoms with van der Waals surface area (Å²) >= 11 is 7.86. The highest BCUT2D eigenvalue weighted by Crippen LogP contribution is 2.33. The Labute approximate surface area is 162 Å². The smallest absolute Gasteiger partial charge is 0.309 e. The second-order valence-corrected chi connectivity index (χ2v) is 7.71. The molecule has 2 aromatic rings. The fourth-order valence-electron chi connectivity index (χ4n) is 3.24. The first-order valence-corrected chi connectivity index (χ1v) is 10.2. The van der Waals surface area contributed by atoms with Gasteiger partial charge in [0.2, 0.25) is 5.91 Å². The molecule has 2 aromatic carbocycles. The van der Waals surface area contributed by atoms with Crippen molar-refractivity contribution in [1.29, 1.82) is 0 Å². The molecule has 0 saturated carbocycles. The number of nitrogens with zero attached hydrogens (tertiary/aromatic N) is 1. The van der Waals surface area contributed by atoms with E-state index in [0.717, 1.165) is 15.7 Å². The summed E-state index contributed by atoms with van der Waals surface area (Å²) in [5.41, 5.74) is 0. The molecule has 0 radical (unpaired) electrons. The van der Waals surface area contributed by atoms with Crippen LogP contribution in [0.2, 0.25) is 5.02 Å². The average molecular weight is 392 g/mol. The van der Waals surface area contributed by atoms with Gasteiger partial charge in [-0.1, -0.05) is 35.9 Å². The van der Waals surface area contributed by atoms with Crippen molar-refractivity contribution in [2.24, 2.45) is 5.92 Å². The standard InChI is InChI=1S/C20H22ClNO3S/c1-2-25-20(24)15-9-11-22(12-10-15)18(23)13-26-17-8-4-6-14-5-3-7-16(21)19(14)17/h3-8,15H,2,9-13H2,1H3. The van der Waals surface area contributed by atoms with Crippen molar-refractivity contribution in [2.45, 2.75) is 24.7 Å². The predicted molar refractivity (Wildman–Crippen MR) is 106 cm³/mol. The molecule has 0 bridgehead atoms. The van der Waals surface area contributed by atoms with Gasteiger partial charge in [0, 0.05) is 28.4 Å². The van der Waals surface area contributed by atoms with Crippen LogP contribution in [0.3, 0.4) is 0 Å². The van der Waals surface area contributed by atoms with Crippen LogP contribution in [0, 0.1) is 5.92 Å². The zero-order valence-electron chi connectivity index (χ0n) is 14.7. The molecule has 1 fully saturated rings. The maximum absolute atomic E-state index is 12.6. The highest BCUT2D eigenvalue weighted by Gasteiger charge is 2.28. The maximum atomic E-state index is 12.6. The van der Waals surface area contributed by atoms with Crippen molar-refractivity contribution in [1.82, 2.24) is 4.90 Å².